The Morgan fingerprint density at radius 3 is 3.00 bits per heavy atom. The third kappa shape index (κ3) is 1.91. The molecule has 2 rings (SSSR count). The lowest BCUT2D eigenvalue weighted by Crippen LogP contribution is -2.24. The van der Waals surface area contributed by atoms with E-state index >= 15 is 0 Å². The number of rotatable bonds is 2. The fraction of sp³-hybridized carbons (Fsp3) is 0.273. The molecule has 0 atom stereocenters. The first-order valence-corrected chi connectivity index (χ1v) is 4.74. The lowest BCUT2D eigenvalue weighted by atomic mass is 10.2. The smallest absolute Gasteiger partial charge is 0.325 e. The van der Waals surface area contributed by atoms with Crippen LogP contribution in [-0.4, -0.2) is 24.6 Å². The SMILES string of the molecule is CN(Cc1ccc2c(c1)OCO2)C(=O)C#N. The number of ether oxygens (including phenoxy) is 2. The Morgan fingerprint density at radius 2 is 2.25 bits per heavy atom. The van der Waals surface area contributed by atoms with Gasteiger partial charge in [-0.1, -0.05) is 6.07 Å². The summed E-state index contributed by atoms with van der Waals surface area (Å²) >= 11 is 0. The molecule has 0 unspecified atom stereocenters. The van der Waals surface area contributed by atoms with Gasteiger partial charge in [0, 0.05) is 13.6 Å². The zero-order valence-corrected chi connectivity index (χ0v) is 8.77. The second-order valence-electron chi connectivity index (χ2n) is 3.46. The molecule has 0 saturated heterocycles. The Hall–Kier alpha value is -2.22. The van der Waals surface area contributed by atoms with E-state index < -0.39 is 5.91 Å². The predicted molar refractivity (Wildman–Crippen MR) is 54.7 cm³/mol. The first-order valence-electron chi connectivity index (χ1n) is 4.74. The number of hydrogen-bond donors (Lipinski definition) is 0. The van der Waals surface area contributed by atoms with Gasteiger partial charge in [0.15, 0.2) is 17.6 Å². The van der Waals surface area contributed by atoms with Crippen molar-refractivity contribution in [2.75, 3.05) is 13.8 Å². The third-order valence-electron chi connectivity index (χ3n) is 2.30. The highest BCUT2D eigenvalue weighted by atomic mass is 16.7. The molecular formula is C11H10N2O3. The van der Waals surface area contributed by atoms with Gasteiger partial charge in [0.05, 0.1) is 0 Å². The first kappa shape index (κ1) is 10.3. The van der Waals surface area contributed by atoms with Gasteiger partial charge in [0.25, 0.3) is 0 Å². The van der Waals surface area contributed by atoms with Crippen LogP contribution < -0.4 is 9.47 Å². The van der Waals surface area contributed by atoms with Crippen LogP contribution >= 0.6 is 0 Å². The van der Waals surface area contributed by atoms with E-state index in [1.165, 1.54) is 4.90 Å². The number of benzene rings is 1. The van der Waals surface area contributed by atoms with Gasteiger partial charge in [0.1, 0.15) is 0 Å². The summed E-state index contributed by atoms with van der Waals surface area (Å²) in [5, 5.41) is 8.45. The normalized spacial score (nSPS) is 12.0. The van der Waals surface area contributed by atoms with Gasteiger partial charge in [-0.25, -0.2) is 0 Å². The second-order valence-corrected chi connectivity index (χ2v) is 3.46. The van der Waals surface area contributed by atoms with E-state index in [1.807, 2.05) is 12.1 Å². The van der Waals surface area contributed by atoms with E-state index in [9.17, 15) is 4.79 Å². The van der Waals surface area contributed by atoms with Gasteiger partial charge in [-0.05, 0) is 17.7 Å². The lowest BCUT2D eigenvalue weighted by molar-refractivity contribution is -0.124. The molecule has 1 aromatic rings. The number of nitriles is 1. The van der Waals surface area contributed by atoms with Crippen molar-refractivity contribution in [3.63, 3.8) is 0 Å². The zero-order chi connectivity index (χ0) is 11.5. The van der Waals surface area contributed by atoms with Gasteiger partial charge in [-0.15, -0.1) is 0 Å². The number of fused-ring (bicyclic) bond motifs is 1. The van der Waals surface area contributed by atoms with Crippen LogP contribution in [0.1, 0.15) is 5.56 Å². The van der Waals surface area contributed by atoms with Crippen molar-refractivity contribution in [1.29, 1.82) is 5.26 Å². The molecule has 0 N–H and O–H groups in total. The average molecular weight is 218 g/mol. The van der Waals surface area contributed by atoms with Gasteiger partial charge < -0.3 is 14.4 Å². The predicted octanol–water partition coefficient (Wildman–Crippen LogP) is 0.897. The highest BCUT2D eigenvalue weighted by Gasteiger charge is 2.14. The number of hydrogen-bond acceptors (Lipinski definition) is 4. The Kier molecular flexibility index (Phi) is 2.64. The van der Waals surface area contributed by atoms with Crippen LogP contribution in [0.2, 0.25) is 0 Å². The first-order chi connectivity index (χ1) is 7.70. The van der Waals surface area contributed by atoms with Crippen molar-refractivity contribution in [3.8, 4) is 17.6 Å². The largest absolute Gasteiger partial charge is 0.454 e. The van der Waals surface area contributed by atoms with E-state index in [0.29, 0.717) is 18.0 Å². The molecule has 0 fully saturated rings. The number of nitrogens with zero attached hydrogens (tertiary/aromatic N) is 2. The summed E-state index contributed by atoms with van der Waals surface area (Å²) in [7, 11) is 1.58. The van der Waals surface area contributed by atoms with Crippen molar-refractivity contribution in [2.24, 2.45) is 0 Å². The summed E-state index contributed by atoms with van der Waals surface area (Å²) in [5.41, 5.74) is 0.898. The highest BCUT2D eigenvalue weighted by molar-refractivity contribution is 5.90. The highest BCUT2D eigenvalue weighted by Crippen LogP contribution is 2.32. The van der Waals surface area contributed by atoms with Crippen LogP contribution in [0.25, 0.3) is 0 Å². The van der Waals surface area contributed by atoms with Gasteiger partial charge in [-0.3, -0.25) is 4.79 Å². The van der Waals surface area contributed by atoms with E-state index in [2.05, 4.69) is 0 Å². The molecule has 1 aromatic carbocycles. The molecular weight excluding hydrogens is 208 g/mol. The fourth-order valence-corrected chi connectivity index (χ4v) is 1.47. The van der Waals surface area contributed by atoms with E-state index in [4.69, 9.17) is 14.7 Å². The van der Waals surface area contributed by atoms with Gasteiger partial charge in [-0.2, -0.15) is 5.26 Å². The quantitative estimate of drug-likeness (QED) is 0.692. The molecule has 82 valence electrons. The second kappa shape index (κ2) is 4.11. The van der Waals surface area contributed by atoms with Crippen LogP contribution in [0.3, 0.4) is 0 Å². The summed E-state index contributed by atoms with van der Waals surface area (Å²) in [6.07, 6.45) is 0. The molecule has 0 spiro atoms. The molecule has 5 heteroatoms. The van der Waals surface area contributed by atoms with Gasteiger partial charge in [0.2, 0.25) is 6.79 Å². The van der Waals surface area contributed by atoms with Crippen LogP contribution in [0.4, 0.5) is 0 Å². The molecule has 0 saturated carbocycles. The average Bonchev–Trinajstić information content (AvgIpc) is 2.75. The minimum atomic E-state index is -0.558. The van der Waals surface area contributed by atoms with Crippen molar-refractivity contribution in [3.05, 3.63) is 23.8 Å². The molecule has 1 aliphatic rings. The molecule has 1 heterocycles. The Bertz CT molecular complexity index is 465. The molecule has 5 nitrogen and oxygen atoms in total. The molecule has 0 aliphatic carbocycles. The van der Waals surface area contributed by atoms with E-state index in [1.54, 1.807) is 19.2 Å². The van der Waals surface area contributed by atoms with Crippen LogP contribution in [0.5, 0.6) is 11.5 Å². The van der Waals surface area contributed by atoms with E-state index in [-0.39, 0.29) is 6.79 Å². The van der Waals surface area contributed by atoms with Crippen LogP contribution in [-0.2, 0) is 11.3 Å². The standard InChI is InChI=1S/C11H10N2O3/c1-13(11(14)5-12)6-8-2-3-9-10(4-8)16-7-15-9/h2-4H,6-7H2,1H3. The summed E-state index contributed by atoms with van der Waals surface area (Å²) < 4.78 is 10.4. The molecule has 16 heavy (non-hydrogen) atoms. The zero-order valence-electron chi connectivity index (χ0n) is 8.77. The minimum absolute atomic E-state index is 0.228. The maximum absolute atomic E-state index is 11.1. The Balaban J connectivity index is 2.11. The molecule has 0 bridgehead atoms. The third-order valence-corrected chi connectivity index (χ3v) is 2.30. The number of carbonyl (C=O) groups is 1. The van der Waals surface area contributed by atoms with Crippen LogP contribution in [0.15, 0.2) is 18.2 Å². The molecule has 1 amide bonds. The minimum Gasteiger partial charge on any atom is -0.454 e. The topological polar surface area (TPSA) is 62.6 Å². The summed E-state index contributed by atoms with van der Waals surface area (Å²) in [4.78, 5) is 12.4. The summed E-state index contributed by atoms with van der Waals surface area (Å²) in [6.45, 7) is 0.606. The summed E-state index contributed by atoms with van der Waals surface area (Å²) in [6, 6.07) is 7.01. The monoisotopic (exact) mass is 218 g/mol. The summed E-state index contributed by atoms with van der Waals surface area (Å²) in [5.74, 6) is 0.825. The maximum Gasteiger partial charge on any atom is 0.325 e. The molecule has 0 radical (unpaired) electrons. The number of amides is 1. The molecule has 1 aliphatic heterocycles. The number of carbonyl (C=O) groups excluding carboxylic acids is 1. The van der Waals surface area contributed by atoms with Crippen molar-refractivity contribution in [2.45, 2.75) is 6.54 Å². The molecule has 0 aromatic heterocycles. The van der Waals surface area contributed by atoms with Crippen molar-refractivity contribution < 1.29 is 14.3 Å². The fourth-order valence-electron chi connectivity index (χ4n) is 1.47. The van der Waals surface area contributed by atoms with Crippen molar-refractivity contribution in [1.82, 2.24) is 4.90 Å². The maximum atomic E-state index is 11.1. The van der Waals surface area contributed by atoms with E-state index in [0.717, 1.165) is 5.56 Å². The Morgan fingerprint density at radius 1 is 1.50 bits per heavy atom. The Labute approximate surface area is 92.8 Å². The lowest BCUT2D eigenvalue weighted by Gasteiger charge is -2.13. The van der Waals surface area contributed by atoms with Crippen molar-refractivity contribution >= 4 is 5.91 Å². The van der Waals surface area contributed by atoms with Gasteiger partial charge >= 0.3 is 5.91 Å². The van der Waals surface area contributed by atoms with Crippen LogP contribution in [0, 0.1) is 11.3 Å².